The normalized spacial score (nSPS) is 10.6. The molecule has 0 aliphatic heterocycles. The SMILES string of the molecule is Cc1nc(-c2cccnc2)c(-c2ccccc2)nc1-c1ccccc1. The topological polar surface area (TPSA) is 38.7 Å². The van der Waals surface area contributed by atoms with Gasteiger partial charge in [-0.25, -0.2) is 9.97 Å². The van der Waals surface area contributed by atoms with Crippen LogP contribution in [0.5, 0.6) is 0 Å². The highest BCUT2D eigenvalue weighted by Crippen LogP contribution is 2.32. The van der Waals surface area contributed by atoms with E-state index in [4.69, 9.17) is 9.97 Å². The first-order valence-electron chi connectivity index (χ1n) is 8.23. The molecule has 0 fully saturated rings. The minimum atomic E-state index is 0.858. The lowest BCUT2D eigenvalue weighted by Gasteiger charge is -2.13. The fourth-order valence-corrected chi connectivity index (χ4v) is 2.89. The summed E-state index contributed by atoms with van der Waals surface area (Å²) < 4.78 is 0. The zero-order chi connectivity index (χ0) is 17.1. The Morgan fingerprint density at radius 3 is 1.72 bits per heavy atom. The van der Waals surface area contributed by atoms with Crippen molar-refractivity contribution in [3.63, 3.8) is 0 Å². The molecule has 4 aromatic rings. The quantitative estimate of drug-likeness (QED) is 0.521. The largest absolute Gasteiger partial charge is 0.264 e. The smallest absolute Gasteiger partial charge is 0.0984 e. The first kappa shape index (κ1) is 15.2. The van der Waals surface area contributed by atoms with E-state index >= 15 is 0 Å². The van der Waals surface area contributed by atoms with Gasteiger partial charge in [-0.2, -0.15) is 0 Å². The van der Waals surface area contributed by atoms with Crippen molar-refractivity contribution in [3.05, 3.63) is 90.9 Å². The summed E-state index contributed by atoms with van der Waals surface area (Å²) in [5.74, 6) is 0. The van der Waals surface area contributed by atoms with E-state index in [9.17, 15) is 0 Å². The number of nitrogens with zero attached hydrogens (tertiary/aromatic N) is 3. The van der Waals surface area contributed by atoms with Gasteiger partial charge in [0.2, 0.25) is 0 Å². The van der Waals surface area contributed by atoms with E-state index in [1.807, 2.05) is 61.7 Å². The van der Waals surface area contributed by atoms with Crippen LogP contribution in [0.15, 0.2) is 85.2 Å². The Morgan fingerprint density at radius 2 is 1.12 bits per heavy atom. The lowest BCUT2D eigenvalue weighted by molar-refractivity contribution is 1.13. The van der Waals surface area contributed by atoms with Crippen LogP contribution >= 0.6 is 0 Å². The number of aryl methyl sites for hydroxylation is 1. The Labute approximate surface area is 147 Å². The van der Waals surface area contributed by atoms with Gasteiger partial charge in [0.1, 0.15) is 0 Å². The second-order valence-electron chi connectivity index (χ2n) is 5.83. The van der Waals surface area contributed by atoms with Crippen LogP contribution in [-0.4, -0.2) is 15.0 Å². The highest BCUT2D eigenvalue weighted by molar-refractivity contribution is 5.80. The Morgan fingerprint density at radius 1 is 0.560 bits per heavy atom. The summed E-state index contributed by atoms with van der Waals surface area (Å²) in [6.07, 6.45) is 3.60. The van der Waals surface area contributed by atoms with Crippen molar-refractivity contribution >= 4 is 0 Å². The molecule has 0 N–H and O–H groups in total. The molecule has 0 aliphatic rings. The van der Waals surface area contributed by atoms with Crippen LogP contribution in [0.3, 0.4) is 0 Å². The lowest BCUT2D eigenvalue weighted by atomic mass is 10.0. The Bertz CT molecular complexity index is 982. The van der Waals surface area contributed by atoms with Crippen LogP contribution in [0, 0.1) is 6.92 Å². The summed E-state index contributed by atoms with van der Waals surface area (Å²) in [6, 6.07) is 24.3. The third-order valence-electron chi connectivity index (χ3n) is 4.10. The Balaban J connectivity index is 1.98. The molecule has 3 heteroatoms. The molecule has 0 spiro atoms. The number of aromatic nitrogens is 3. The van der Waals surface area contributed by atoms with Gasteiger partial charge in [0.05, 0.1) is 22.8 Å². The maximum atomic E-state index is 5.00. The molecule has 2 heterocycles. The summed E-state index contributed by atoms with van der Waals surface area (Å²) in [7, 11) is 0. The van der Waals surface area contributed by atoms with Crippen LogP contribution in [-0.2, 0) is 0 Å². The van der Waals surface area contributed by atoms with Crippen molar-refractivity contribution in [2.24, 2.45) is 0 Å². The number of benzene rings is 2. The zero-order valence-electron chi connectivity index (χ0n) is 13.9. The first-order chi connectivity index (χ1) is 12.3. The van der Waals surface area contributed by atoms with E-state index in [0.29, 0.717) is 0 Å². The average Bonchev–Trinajstić information content (AvgIpc) is 2.70. The molecule has 2 aromatic heterocycles. The molecular formula is C22H17N3. The fraction of sp³-hybridized carbons (Fsp3) is 0.0455. The average molecular weight is 323 g/mol. The minimum Gasteiger partial charge on any atom is -0.264 e. The second-order valence-corrected chi connectivity index (χ2v) is 5.83. The fourth-order valence-electron chi connectivity index (χ4n) is 2.89. The van der Waals surface area contributed by atoms with E-state index < -0.39 is 0 Å². The molecule has 0 saturated heterocycles. The van der Waals surface area contributed by atoms with Gasteiger partial charge in [-0.05, 0) is 19.1 Å². The molecule has 0 radical (unpaired) electrons. The molecular weight excluding hydrogens is 306 g/mol. The molecule has 0 saturated carbocycles. The maximum absolute atomic E-state index is 5.00. The number of hydrogen-bond donors (Lipinski definition) is 0. The Kier molecular flexibility index (Phi) is 4.05. The third-order valence-corrected chi connectivity index (χ3v) is 4.10. The summed E-state index contributed by atoms with van der Waals surface area (Å²) in [6.45, 7) is 2.00. The summed E-state index contributed by atoms with van der Waals surface area (Å²) in [4.78, 5) is 14.1. The van der Waals surface area contributed by atoms with E-state index in [2.05, 4.69) is 29.2 Å². The predicted molar refractivity (Wildman–Crippen MR) is 101 cm³/mol. The van der Waals surface area contributed by atoms with Crippen molar-refractivity contribution in [3.8, 4) is 33.8 Å². The van der Waals surface area contributed by atoms with Crippen LogP contribution in [0.1, 0.15) is 5.69 Å². The van der Waals surface area contributed by atoms with Gasteiger partial charge in [0, 0.05) is 29.1 Å². The van der Waals surface area contributed by atoms with Gasteiger partial charge in [0.25, 0.3) is 0 Å². The van der Waals surface area contributed by atoms with Gasteiger partial charge < -0.3 is 0 Å². The van der Waals surface area contributed by atoms with Crippen molar-refractivity contribution in [2.75, 3.05) is 0 Å². The Hall–Kier alpha value is -3.33. The number of rotatable bonds is 3. The molecule has 25 heavy (non-hydrogen) atoms. The first-order valence-corrected chi connectivity index (χ1v) is 8.23. The molecule has 0 bridgehead atoms. The van der Waals surface area contributed by atoms with Gasteiger partial charge >= 0.3 is 0 Å². The van der Waals surface area contributed by atoms with Crippen molar-refractivity contribution in [1.29, 1.82) is 0 Å². The highest BCUT2D eigenvalue weighted by Gasteiger charge is 2.15. The zero-order valence-corrected chi connectivity index (χ0v) is 13.9. The third kappa shape index (κ3) is 3.04. The van der Waals surface area contributed by atoms with E-state index in [0.717, 1.165) is 39.5 Å². The summed E-state index contributed by atoms with van der Waals surface area (Å²) in [5, 5.41) is 0. The molecule has 0 atom stereocenters. The second kappa shape index (κ2) is 6.65. The van der Waals surface area contributed by atoms with E-state index in [-0.39, 0.29) is 0 Å². The van der Waals surface area contributed by atoms with Crippen molar-refractivity contribution in [1.82, 2.24) is 15.0 Å². The number of hydrogen-bond acceptors (Lipinski definition) is 3. The predicted octanol–water partition coefficient (Wildman–Crippen LogP) is 5.18. The van der Waals surface area contributed by atoms with Crippen LogP contribution in [0.2, 0.25) is 0 Å². The minimum absolute atomic E-state index is 0.858. The molecule has 4 rings (SSSR count). The van der Waals surface area contributed by atoms with E-state index in [1.54, 1.807) is 6.20 Å². The maximum Gasteiger partial charge on any atom is 0.0984 e. The molecule has 0 amide bonds. The van der Waals surface area contributed by atoms with Gasteiger partial charge in [-0.1, -0.05) is 60.7 Å². The molecule has 0 unspecified atom stereocenters. The van der Waals surface area contributed by atoms with Crippen LogP contribution in [0.25, 0.3) is 33.8 Å². The van der Waals surface area contributed by atoms with Gasteiger partial charge in [-0.3, -0.25) is 4.98 Å². The van der Waals surface area contributed by atoms with Gasteiger partial charge in [-0.15, -0.1) is 0 Å². The standard InChI is InChI=1S/C22H17N3/c1-16-20(17-9-4-2-5-10-17)25-21(18-11-6-3-7-12-18)22(24-16)19-13-8-14-23-15-19/h2-15H,1H3. The molecule has 0 aliphatic carbocycles. The summed E-state index contributed by atoms with van der Waals surface area (Å²) >= 11 is 0. The monoisotopic (exact) mass is 323 g/mol. The van der Waals surface area contributed by atoms with E-state index in [1.165, 1.54) is 0 Å². The highest BCUT2D eigenvalue weighted by atomic mass is 14.9. The number of pyridine rings is 1. The van der Waals surface area contributed by atoms with Gasteiger partial charge in [0.15, 0.2) is 0 Å². The van der Waals surface area contributed by atoms with Crippen molar-refractivity contribution in [2.45, 2.75) is 6.92 Å². The molecule has 3 nitrogen and oxygen atoms in total. The summed E-state index contributed by atoms with van der Waals surface area (Å²) in [5.41, 5.74) is 6.64. The molecule has 120 valence electrons. The van der Waals surface area contributed by atoms with Crippen LogP contribution < -0.4 is 0 Å². The lowest BCUT2D eigenvalue weighted by Crippen LogP contribution is -2.00. The molecule has 2 aromatic carbocycles. The van der Waals surface area contributed by atoms with Crippen LogP contribution in [0.4, 0.5) is 0 Å². The van der Waals surface area contributed by atoms with Crippen molar-refractivity contribution < 1.29 is 0 Å².